The molecule has 0 unspecified atom stereocenters. The summed E-state index contributed by atoms with van der Waals surface area (Å²) in [4.78, 5) is 39.3. The van der Waals surface area contributed by atoms with Crippen molar-refractivity contribution in [2.75, 3.05) is 0 Å². The third-order valence-electron chi connectivity index (χ3n) is 7.89. The van der Waals surface area contributed by atoms with Crippen LogP contribution in [-0.2, 0) is 11.2 Å². The Labute approximate surface area is 183 Å². The van der Waals surface area contributed by atoms with Crippen molar-refractivity contribution in [3.8, 4) is 0 Å². The Kier molecular flexibility index (Phi) is 5.03. The summed E-state index contributed by atoms with van der Waals surface area (Å²) in [5.41, 5.74) is 1.57. The molecule has 5 atom stereocenters. The van der Waals surface area contributed by atoms with Crippen molar-refractivity contribution >= 4 is 11.8 Å². The van der Waals surface area contributed by atoms with Gasteiger partial charge in [0.15, 0.2) is 0 Å². The second-order valence-electron chi connectivity index (χ2n) is 9.58. The molecule has 0 spiro atoms. The van der Waals surface area contributed by atoms with Crippen LogP contribution >= 0.6 is 0 Å². The molecule has 31 heavy (non-hydrogen) atoms. The fourth-order valence-electron chi connectivity index (χ4n) is 6.65. The molecule has 1 aromatic carbocycles. The molecule has 2 aromatic rings. The lowest BCUT2D eigenvalue weighted by Gasteiger charge is -2.50. The number of nitrogens with zero attached hydrogens (tertiary/aromatic N) is 4. The number of fused-ring (bicyclic) bond motifs is 1. The van der Waals surface area contributed by atoms with Crippen LogP contribution in [0.4, 0.5) is 0 Å². The van der Waals surface area contributed by atoms with E-state index in [-0.39, 0.29) is 41.4 Å². The van der Waals surface area contributed by atoms with Crippen molar-refractivity contribution in [3.63, 3.8) is 0 Å². The first kappa shape index (κ1) is 20.2. The second-order valence-corrected chi connectivity index (χ2v) is 9.58. The van der Waals surface area contributed by atoms with E-state index in [1.807, 2.05) is 18.2 Å². The van der Waals surface area contributed by atoms with Gasteiger partial charge in [0.05, 0.1) is 12.1 Å². The standard InChI is InChI=1S/C25H30N4O2/c1-17(30)28-20(14-18-8-4-3-5-9-18)21-15-25(2)22(28)10-6-7-11-23(25)29(21)24(31)19-12-13-26-16-27-19/h3-5,8-9,12-13,16,20-23H,6-7,10-11,14-15H2,1-2H3/t20-,21-,22+,23-,25+/m0/s1. The van der Waals surface area contributed by atoms with Crippen molar-refractivity contribution < 1.29 is 9.59 Å². The third kappa shape index (κ3) is 3.24. The number of carbonyl (C=O) groups is 2. The van der Waals surface area contributed by atoms with Gasteiger partial charge in [0.25, 0.3) is 5.91 Å². The molecule has 2 saturated heterocycles. The number of aromatic nitrogens is 2. The SMILES string of the molecule is CC(=O)N1[C@@H](Cc2ccccc2)[C@@H]2C[C@@]3(C)[C@H](CCCC[C@@H]13)N2C(=O)c1ccncn1. The van der Waals surface area contributed by atoms with Gasteiger partial charge in [-0.15, -0.1) is 0 Å². The van der Waals surface area contributed by atoms with Gasteiger partial charge in [-0.2, -0.15) is 0 Å². The average Bonchev–Trinajstić information content (AvgIpc) is 2.93. The zero-order valence-corrected chi connectivity index (χ0v) is 18.3. The molecule has 0 N–H and O–H groups in total. The first-order chi connectivity index (χ1) is 15.0. The Hall–Kier alpha value is -2.76. The van der Waals surface area contributed by atoms with Crippen LogP contribution in [0.25, 0.3) is 0 Å². The zero-order chi connectivity index (χ0) is 21.6. The largest absolute Gasteiger partial charge is 0.334 e. The normalized spacial score (nSPS) is 31.9. The quantitative estimate of drug-likeness (QED) is 0.765. The maximum atomic E-state index is 13.8. The number of likely N-dealkylation sites (tertiary alicyclic amines) is 2. The van der Waals surface area contributed by atoms with Crippen molar-refractivity contribution in [1.82, 2.24) is 19.8 Å². The molecule has 6 nitrogen and oxygen atoms in total. The van der Waals surface area contributed by atoms with Crippen LogP contribution in [0.1, 0.15) is 62.0 Å². The Morgan fingerprint density at radius 1 is 1.06 bits per heavy atom. The Morgan fingerprint density at radius 2 is 1.77 bits per heavy atom. The predicted octanol–water partition coefficient (Wildman–Crippen LogP) is 3.48. The highest BCUT2D eigenvalue weighted by Crippen LogP contribution is 2.55. The number of benzene rings is 1. The summed E-state index contributed by atoms with van der Waals surface area (Å²) in [5.74, 6) is 0.101. The van der Waals surface area contributed by atoms with Gasteiger partial charge in [-0.05, 0) is 37.3 Å². The summed E-state index contributed by atoms with van der Waals surface area (Å²) in [6.07, 6.45) is 8.97. The van der Waals surface area contributed by atoms with Gasteiger partial charge in [-0.3, -0.25) is 9.59 Å². The van der Waals surface area contributed by atoms with E-state index >= 15 is 0 Å². The lowest BCUT2D eigenvalue weighted by Crippen LogP contribution is -2.61. The van der Waals surface area contributed by atoms with Crippen LogP contribution in [0.2, 0.25) is 0 Å². The van der Waals surface area contributed by atoms with E-state index < -0.39 is 0 Å². The second kappa shape index (κ2) is 7.74. The number of rotatable bonds is 3. The summed E-state index contributed by atoms with van der Waals surface area (Å²) in [5, 5.41) is 0. The molecule has 6 heteroatoms. The van der Waals surface area contributed by atoms with Crippen molar-refractivity contribution in [2.45, 2.75) is 76.5 Å². The predicted molar refractivity (Wildman–Crippen MR) is 117 cm³/mol. The molecular formula is C25H30N4O2. The maximum Gasteiger partial charge on any atom is 0.273 e. The van der Waals surface area contributed by atoms with Gasteiger partial charge in [-0.1, -0.05) is 50.1 Å². The molecule has 3 aliphatic rings. The Bertz CT molecular complexity index is 966. The molecule has 5 rings (SSSR count). The first-order valence-electron chi connectivity index (χ1n) is 11.4. The lowest BCUT2D eigenvalue weighted by atomic mass is 9.69. The molecule has 162 valence electrons. The number of hydrogen-bond donors (Lipinski definition) is 0. The third-order valence-corrected chi connectivity index (χ3v) is 7.89. The number of piperidine rings is 1. The summed E-state index contributed by atoms with van der Waals surface area (Å²) in [6, 6.07) is 12.3. The van der Waals surface area contributed by atoms with Gasteiger partial charge in [-0.25, -0.2) is 9.97 Å². The highest BCUT2D eigenvalue weighted by molar-refractivity contribution is 5.93. The summed E-state index contributed by atoms with van der Waals surface area (Å²) in [6.45, 7) is 4.01. The molecule has 2 aliphatic heterocycles. The first-order valence-corrected chi connectivity index (χ1v) is 11.4. The van der Waals surface area contributed by atoms with E-state index in [9.17, 15) is 9.59 Å². The molecule has 3 heterocycles. The van der Waals surface area contributed by atoms with E-state index in [0.29, 0.717) is 5.69 Å². The molecular weight excluding hydrogens is 388 g/mol. The van der Waals surface area contributed by atoms with Crippen molar-refractivity contribution in [2.24, 2.45) is 5.41 Å². The van der Waals surface area contributed by atoms with E-state index in [1.165, 1.54) is 11.9 Å². The Balaban J connectivity index is 1.61. The van der Waals surface area contributed by atoms with Crippen LogP contribution in [0, 0.1) is 5.41 Å². The minimum absolute atomic E-state index is 0.00378. The maximum absolute atomic E-state index is 13.8. The highest BCUT2D eigenvalue weighted by atomic mass is 16.2. The molecule has 2 bridgehead atoms. The molecule has 1 saturated carbocycles. The lowest BCUT2D eigenvalue weighted by molar-refractivity contribution is -0.141. The zero-order valence-electron chi connectivity index (χ0n) is 18.3. The van der Waals surface area contributed by atoms with Gasteiger partial charge < -0.3 is 9.80 Å². The van der Waals surface area contributed by atoms with E-state index in [1.54, 1.807) is 19.2 Å². The van der Waals surface area contributed by atoms with Gasteiger partial charge in [0, 0.05) is 30.6 Å². The fourth-order valence-corrected chi connectivity index (χ4v) is 6.65. The number of amides is 2. The fraction of sp³-hybridized carbons (Fsp3) is 0.520. The van der Waals surface area contributed by atoms with Gasteiger partial charge in [0.1, 0.15) is 12.0 Å². The minimum atomic E-state index is -0.0806. The summed E-state index contributed by atoms with van der Waals surface area (Å²) >= 11 is 0. The molecule has 3 fully saturated rings. The van der Waals surface area contributed by atoms with Crippen molar-refractivity contribution in [1.29, 1.82) is 0 Å². The summed E-state index contributed by atoms with van der Waals surface area (Å²) in [7, 11) is 0. The van der Waals surface area contributed by atoms with Crippen molar-refractivity contribution in [3.05, 3.63) is 60.2 Å². The van der Waals surface area contributed by atoms with Gasteiger partial charge in [0.2, 0.25) is 5.91 Å². The van der Waals surface area contributed by atoms with Crippen LogP contribution < -0.4 is 0 Å². The Morgan fingerprint density at radius 3 is 2.42 bits per heavy atom. The average molecular weight is 419 g/mol. The van der Waals surface area contributed by atoms with E-state index in [0.717, 1.165) is 38.5 Å². The molecule has 1 aromatic heterocycles. The van der Waals surface area contributed by atoms with Gasteiger partial charge >= 0.3 is 0 Å². The topological polar surface area (TPSA) is 66.4 Å². The van der Waals surface area contributed by atoms with Crippen LogP contribution in [0.3, 0.4) is 0 Å². The highest BCUT2D eigenvalue weighted by Gasteiger charge is 2.63. The smallest absolute Gasteiger partial charge is 0.273 e. The summed E-state index contributed by atoms with van der Waals surface area (Å²) < 4.78 is 0. The van der Waals surface area contributed by atoms with Crippen LogP contribution in [-0.4, -0.2) is 55.7 Å². The molecule has 2 amide bonds. The number of carbonyl (C=O) groups excluding carboxylic acids is 2. The van der Waals surface area contributed by atoms with Crippen LogP contribution in [0.5, 0.6) is 0 Å². The van der Waals surface area contributed by atoms with E-state index in [4.69, 9.17) is 0 Å². The molecule has 0 radical (unpaired) electrons. The van der Waals surface area contributed by atoms with Crippen LogP contribution in [0.15, 0.2) is 48.9 Å². The number of hydrogen-bond acceptors (Lipinski definition) is 4. The molecule has 1 aliphatic carbocycles. The monoisotopic (exact) mass is 418 g/mol. The minimum Gasteiger partial charge on any atom is -0.334 e. The van der Waals surface area contributed by atoms with E-state index in [2.05, 4.69) is 38.8 Å².